The van der Waals surface area contributed by atoms with Gasteiger partial charge in [-0.3, -0.25) is 0 Å². The molecular weight excluding hydrogens is 342 g/mol. The van der Waals surface area contributed by atoms with E-state index < -0.39 is 10.0 Å². The van der Waals surface area contributed by atoms with Gasteiger partial charge >= 0.3 is 0 Å². The summed E-state index contributed by atoms with van der Waals surface area (Å²) in [6, 6.07) is 5.36. The average Bonchev–Trinajstić information content (AvgIpc) is 2.91. The van der Waals surface area contributed by atoms with Gasteiger partial charge in [0.2, 0.25) is 10.0 Å². The molecule has 112 valence electrons. The second-order valence-electron chi connectivity index (χ2n) is 5.10. The summed E-state index contributed by atoms with van der Waals surface area (Å²) in [7, 11) is -3.44. The van der Waals surface area contributed by atoms with Crippen molar-refractivity contribution < 1.29 is 13.2 Å². The molecule has 0 N–H and O–H groups in total. The van der Waals surface area contributed by atoms with Crippen LogP contribution in [-0.2, 0) is 14.8 Å². The van der Waals surface area contributed by atoms with Crippen LogP contribution in [0.25, 0.3) is 0 Å². The van der Waals surface area contributed by atoms with E-state index in [9.17, 15) is 8.42 Å². The lowest BCUT2D eigenvalue weighted by Gasteiger charge is -2.24. The van der Waals surface area contributed by atoms with Crippen LogP contribution in [0.1, 0.15) is 18.9 Å². The molecule has 2 rings (SSSR count). The molecule has 20 heavy (non-hydrogen) atoms. The van der Waals surface area contributed by atoms with Crippen LogP contribution in [0.5, 0.6) is 0 Å². The van der Waals surface area contributed by atoms with E-state index in [2.05, 4.69) is 15.9 Å². The van der Waals surface area contributed by atoms with Crippen molar-refractivity contribution >= 4 is 26.0 Å². The van der Waals surface area contributed by atoms with Gasteiger partial charge in [0.05, 0.1) is 11.5 Å². The van der Waals surface area contributed by atoms with Crippen molar-refractivity contribution in [3.05, 3.63) is 28.2 Å². The van der Waals surface area contributed by atoms with E-state index in [1.807, 2.05) is 26.0 Å². The molecule has 1 saturated heterocycles. The van der Waals surface area contributed by atoms with Crippen LogP contribution in [0.15, 0.2) is 27.6 Å². The van der Waals surface area contributed by atoms with Crippen LogP contribution >= 0.6 is 15.9 Å². The fourth-order valence-electron chi connectivity index (χ4n) is 2.40. The molecule has 6 heteroatoms. The van der Waals surface area contributed by atoms with Crippen molar-refractivity contribution in [2.75, 3.05) is 26.3 Å². The Hall–Kier alpha value is -0.430. The summed E-state index contributed by atoms with van der Waals surface area (Å²) in [5.74, 6) is 0.303. The van der Waals surface area contributed by atoms with E-state index >= 15 is 0 Å². The molecule has 4 nitrogen and oxygen atoms in total. The van der Waals surface area contributed by atoms with Gasteiger partial charge in [-0.15, -0.1) is 0 Å². The first-order chi connectivity index (χ1) is 9.45. The monoisotopic (exact) mass is 361 g/mol. The molecule has 1 aliphatic rings. The Morgan fingerprint density at radius 1 is 1.45 bits per heavy atom. The maximum absolute atomic E-state index is 12.8. The van der Waals surface area contributed by atoms with E-state index in [0.29, 0.717) is 30.5 Å². The van der Waals surface area contributed by atoms with Gasteiger partial charge in [-0.25, -0.2) is 8.42 Å². The van der Waals surface area contributed by atoms with Crippen molar-refractivity contribution in [3.8, 4) is 0 Å². The number of halogens is 1. The summed E-state index contributed by atoms with van der Waals surface area (Å²) in [5.41, 5.74) is 0.773. The molecule has 1 atom stereocenters. The Kier molecular flexibility index (Phi) is 5.23. The van der Waals surface area contributed by atoms with Crippen LogP contribution in [0.4, 0.5) is 0 Å². The minimum Gasteiger partial charge on any atom is -0.381 e. The summed E-state index contributed by atoms with van der Waals surface area (Å²) < 4.78 is 33.2. The largest absolute Gasteiger partial charge is 0.381 e. The number of benzene rings is 1. The van der Waals surface area contributed by atoms with Gasteiger partial charge in [0.25, 0.3) is 0 Å². The first-order valence-corrected chi connectivity index (χ1v) is 9.02. The van der Waals surface area contributed by atoms with Gasteiger partial charge in [0.1, 0.15) is 0 Å². The molecule has 1 fully saturated rings. The third-order valence-corrected chi connectivity index (χ3v) is 6.18. The second-order valence-corrected chi connectivity index (χ2v) is 7.92. The maximum Gasteiger partial charge on any atom is 0.243 e. The molecule has 1 aromatic carbocycles. The topological polar surface area (TPSA) is 46.6 Å². The number of rotatable bonds is 5. The summed E-state index contributed by atoms with van der Waals surface area (Å²) >= 11 is 3.35. The highest BCUT2D eigenvalue weighted by Crippen LogP contribution is 2.25. The molecule has 0 amide bonds. The third-order valence-electron chi connectivity index (χ3n) is 3.61. The van der Waals surface area contributed by atoms with Gasteiger partial charge < -0.3 is 4.74 Å². The summed E-state index contributed by atoms with van der Waals surface area (Å²) in [5, 5.41) is 0. The Labute approximate surface area is 129 Å². The maximum atomic E-state index is 12.8. The van der Waals surface area contributed by atoms with Gasteiger partial charge in [-0.1, -0.05) is 28.9 Å². The van der Waals surface area contributed by atoms with Gasteiger partial charge in [-0.2, -0.15) is 4.31 Å². The van der Waals surface area contributed by atoms with Crippen LogP contribution in [-0.4, -0.2) is 39.0 Å². The smallest absolute Gasteiger partial charge is 0.243 e. The fraction of sp³-hybridized carbons (Fsp3) is 0.571. The van der Waals surface area contributed by atoms with Crippen molar-refractivity contribution in [1.82, 2.24) is 4.31 Å². The van der Waals surface area contributed by atoms with Gasteiger partial charge in [0, 0.05) is 24.2 Å². The molecule has 1 aromatic rings. The van der Waals surface area contributed by atoms with Gasteiger partial charge in [0.15, 0.2) is 0 Å². The third kappa shape index (κ3) is 3.42. The quantitative estimate of drug-likeness (QED) is 0.809. The average molecular weight is 362 g/mol. The van der Waals surface area contributed by atoms with Crippen LogP contribution < -0.4 is 0 Å². The molecule has 0 saturated carbocycles. The number of hydrogen-bond acceptors (Lipinski definition) is 3. The van der Waals surface area contributed by atoms with Crippen LogP contribution in [0.2, 0.25) is 0 Å². The molecule has 0 radical (unpaired) electrons. The van der Waals surface area contributed by atoms with Crippen molar-refractivity contribution in [2.45, 2.75) is 25.2 Å². The van der Waals surface area contributed by atoms with Crippen molar-refractivity contribution in [3.63, 3.8) is 0 Å². The lowest BCUT2D eigenvalue weighted by Crippen LogP contribution is -2.35. The molecule has 0 spiro atoms. The highest BCUT2D eigenvalue weighted by molar-refractivity contribution is 9.10. The highest BCUT2D eigenvalue weighted by atomic mass is 79.9. The Morgan fingerprint density at radius 3 is 2.80 bits per heavy atom. The SMILES string of the molecule is CCN(CC1CCOC1)S(=O)(=O)c1cc(Br)ccc1C. The van der Waals surface area contributed by atoms with Crippen LogP contribution in [0, 0.1) is 12.8 Å². The predicted octanol–water partition coefficient (Wildman–Crippen LogP) is 2.80. The lowest BCUT2D eigenvalue weighted by molar-refractivity contribution is 0.181. The van der Waals surface area contributed by atoms with Crippen molar-refractivity contribution in [1.29, 1.82) is 0 Å². The number of aryl methyl sites for hydroxylation is 1. The summed E-state index contributed by atoms with van der Waals surface area (Å²) in [6.45, 7) is 6.10. The van der Waals surface area contributed by atoms with E-state index in [0.717, 1.165) is 23.1 Å². The minimum absolute atomic E-state index is 0.303. The lowest BCUT2D eigenvalue weighted by atomic mass is 10.1. The van der Waals surface area contributed by atoms with Crippen LogP contribution in [0.3, 0.4) is 0 Å². The molecular formula is C14H20BrNO3S. The number of sulfonamides is 1. The second kappa shape index (κ2) is 6.56. The molecule has 1 unspecified atom stereocenters. The van der Waals surface area contributed by atoms with Gasteiger partial charge in [-0.05, 0) is 37.0 Å². The minimum atomic E-state index is -3.44. The zero-order valence-corrected chi connectivity index (χ0v) is 14.2. The predicted molar refractivity (Wildman–Crippen MR) is 82.2 cm³/mol. The number of hydrogen-bond donors (Lipinski definition) is 0. The molecule has 0 bridgehead atoms. The van der Waals surface area contributed by atoms with E-state index in [1.54, 1.807) is 10.4 Å². The molecule has 0 aliphatic carbocycles. The normalized spacial score (nSPS) is 19.7. The first kappa shape index (κ1) is 15.9. The first-order valence-electron chi connectivity index (χ1n) is 6.79. The number of nitrogens with zero attached hydrogens (tertiary/aromatic N) is 1. The Bertz CT molecular complexity index is 568. The van der Waals surface area contributed by atoms with E-state index in [4.69, 9.17) is 4.74 Å². The Balaban J connectivity index is 2.28. The molecule has 1 heterocycles. The highest BCUT2D eigenvalue weighted by Gasteiger charge is 2.28. The molecule has 1 aliphatic heterocycles. The zero-order valence-electron chi connectivity index (χ0n) is 11.8. The standard InChI is InChI=1S/C14H20BrNO3S/c1-3-16(9-12-6-7-19-10-12)20(17,18)14-8-13(15)5-4-11(14)2/h4-5,8,12H,3,6-7,9-10H2,1-2H3. The summed E-state index contributed by atoms with van der Waals surface area (Å²) in [6.07, 6.45) is 0.934. The zero-order chi connectivity index (χ0) is 14.8. The van der Waals surface area contributed by atoms with E-state index in [1.165, 1.54) is 0 Å². The summed E-state index contributed by atoms with van der Waals surface area (Å²) in [4.78, 5) is 0.382. The fourth-order valence-corrected chi connectivity index (χ4v) is 4.69. The molecule has 0 aromatic heterocycles. The van der Waals surface area contributed by atoms with E-state index in [-0.39, 0.29) is 0 Å². The van der Waals surface area contributed by atoms with Crippen molar-refractivity contribution in [2.24, 2.45) is 5.92 Å². The number of ether oxygens (including phenoxy) is 1. The Morgan fingerprint density at radius 2 is 2.20 bits per heavy atom.